The summed E-state index contributed by atoms with van der Waals surface area (Å²) in [6.07, 6.45) is 1.25. The molecule has 1 unspecified atom stereocenters. The summed E-state index contributed by atoms with van der Waals surface area (Å²) in [6, 6.07) is 5.68. The van der Waals surface area contributed by atoms with Gasteiger partial charge < -0.3 is 15.6 Å². The summed E-state index contributed by atoms with van der Waals surface area (Å²) in [6.45, 7) is 5.43. The highest BCUT2D eigenvalue weighted by Gasteiger charge is 2.26. The molecule has 0 spiro atoms. The maximum Gasteiger partial charge on any atom is 0.122 e. The number of aryl methyl sites for hydroxylation is 1. The summed E-state index contributed by atoms with van der Waals surface area (Å²) in [4.78, 5) is 2.11. The van der Waals surface area contributed by atoms with Gasteiger partial charge in [0.05, 0.1) is 12.3 Å². The molecule has 0 aromatic heterocycles. The topological polar surface area (TPSA) is 58.7 Å². The van der Waals surface area contributed by atoms with Crippen molar-refractivity contribution in [2.24, 2.45) is 5.73 Å². The summed E-state index contributed by atoms with van der Waals surface area (Å²) in [5.41, 5.74) is 7.01. The Bertz CT molecular complexity index is 445. The lowest BCUT2D eigenvalue weighted by molar-refractivity contribution is 0.0233. The second kappa shape index (κ2) is 6.76. The first-order chi connectivity index (χ1) is 9.47. The van der Waals surface area contributed by atoms with Gasteiger partial charge in [-0.2, -0.15) is 0 Å². The van der Waals surface area contributed by atoms with Crippen LogP contribution in [0.15, 0.2) is 18.2 Å². The zero-order chi connectivity index (χ0) is 14.7. The van der Waals surface area contributed by atoms with Gasteiger partial charge in [-0.3, -0.25) is 4.90 Å². The lowest BCUT2D eigenvalue weighted by Crippen LogP contribution is -2.53. The molecule has 5 heteroatoms. The van der Waals surface area contributed by atoms with Gasteiger partial charge in [0.15, 0.2) is 0 Å². The Morgan fingerprint density at radius 3 is 2.60 bits per heavy atom. The molecule has 1 heterocycles. The van der Waals surface area contributed by atoms with Crippen molar-refractivity contribution in [2.45, 2.75) is 45.1 Å². The highest BCUT2D eigenvalue weighted by atomic mass is 35.5. The molecule has 1 saturated heterocycles. The Morgan fingerprint density at radius 2 is 2.05 bits per heavy atom. The Morgan fingerprint density at radius 1 is 1.40 bits per heavy atom. The van der Waals surface area contributed by atoms with Crippen LogP contribution in [0.25, 0.3) is 0 Å². The summed E-state index contributed by atoms with van der Waals surface area (Å²) in [5, 5.41) is 10.3. The predicted octanol–water partition coefficient (Wildman–Crippen LogP) is 2.16. The van der Waals surface area contributed by atoms with E-state index in [2.05, 4.69) is 4.90 Å². The second-order valence-corrected chi connectivity index (χ2v) is 5.93. The SMILES string of the molecule is Cc1cc(Cl)ccc1OC1CCN(C(N)[C@@H](C)O)CC1. The van der Waals surface area contributed by atoms with Crippen LogP contribution in [-0.2, 0) is 0 Å². The number of nitrogens with zero attached hydrogens (tertiary/aromatic N) is 1. The van der Waals surface area contributed by atoms with E-state index in [0.29, 0.717) is 0 Å². The molecule has 1 aromatic rings. The summed E-state index contributed by atoms with van der Waals surface area (Å²) < 4.78 is 6.04. The molecular weight excluding hydrogens is 276 g/mol. The lowest BCUT2D eigenvalue weighted by Gasteiger charge is -2.37. The molecular formula is C15H23ClN2O2. The molecule has 0 aliphatic carbocycles. The van der Waals surface area contributed by atoms with Gasteiger partial charge >= 0.3 is 0 Å². The number of likely N-dealkylation sites (tertiary alicyclic amines) is 1. The summed E-state index contributed by atoms with van der Waals surface area (Å²) >= 11 is 5.94. The number of hydrogen-bond acceptors (Lipinski definition) is 4. The number of aliphatic hydroxyl groups excluding tert-OH is 1. The molecule has 3 N–H and O–H groups in total. The summed E-state index contributed by atoms with van der Waals surface area (Å²) in [7, 11) is 0. The number of rotatable bonds is 4. The molecule has 1 aromatic carbocycles. The van der Waals surface area contributed by atoms with E-state index in [1.165, 1.54) is 0 Å². The van der Waals surface area contributed by atoms with Gasteiger partial charge in [-0.1, -0.05) is 11.6 Å². The average molecular weight is 299 g/mol. The van der Waals surface area contributed by atoms with E-state index in [-0.39, 0.29) is 12.3 Å². The van der Waals surface area contributed by atoms with Crippen molar-refractivity contribution in [3.8, 4) is 5.75 Å². The molecule has 2 atom stereocenters. The van der Waals surface area contributed by atoms with Crippen molar-refractivity contribution in [1.82, 2.24) is 4.90 Å². The fourth-order valence-electron chi connectivity index (χ4n) is 2.52. The van der Waals surface area contributed by atoms with Crippen molar-refractivity contribution in [2.75, 3.05) is 13.1 Å². The Kier molecular flexibility index (Phi) is 5.27. The first kappa shape index (κ1) is 15.6. The van der Waals surface area contributed by atoms with Crippen LogP contribution in [0.1, 0.15) is 25.3 Å². The van der Waals surface area contributed by atoms with E-state index < -0.39 is 6.10 Å². The average Bonchev–Trinajstić information content (AvgIpc) is 2.42. The quantitative estimate of drug-likeness (QED) is 0.894. The second-order valence-electron chi connectivity index (χ2n) is 5.49. The molecule has 112 valence electrons. The molecule has 4 nitrogen and oxygen atoms in total. The number of hydrogen-bond donors (Lipinski definition) is 2. The number of aliphatic hydroxyl groups is 1. The molecule has 0 saturated carbocycles. The molecule has 1 fully saturated rings. The molecule has 0 amide bonds. The van der Waals surface area contributed by atoms with E-state index in [9.17, 15) is 5.11 Å². The van der Waals surface area contributed by atoms with Crippen LogP contribution in [0.4, 0.5) is 0 Å². The first-order valence-electron chi connectivity index (χ1n) is 7.08. The van der Waals surface area contributed by atoms with Gasteiger partial charge in [-0.25, -0.2) is 0 Å². The minimum Gasteiger partial charge on any atom is -0.490 e. The van der Waals surface area contributed by atoms with Crippen molar-refractivity contribution in [3.63, 3.8) is 0 Å². The van der Waals surface area contributed by atoms with E-state index in [4.69, 9.17) is 22.1 Å². The molecule has 0 bridgehead atoms. The third-order valence-electron chi connectivity index (χ3n) is 3.82. The zero-order valence-corrected chi connectivity index (χ0v) is 12.8. The normalized spacial score (nSPS) is 20.6. The van der Waals surface area contributed by atoms with Gasteiger partial charge in [0.2, 0.25) is 0 Å². The number of nitrogens with two attached hydrogens (primary N) is 1. The molecule has 1 aliphatic heterocycles. The maximum absolute atomic E-state index is 9.53. The minimum absolute atomic E-state index is 0.201. The van der Waals surface area contributed by atoms with Crippen LogP contribution in [0, 0.1) is 6.92 Å². The lowest BCUT2D eigenvalue weighted by atomic mass is 10.1. The standard InChI is InChI=1S/C15H23ClN2O2/c1-10-9-12(16)3-4-14(10)20-13-5-7-18(8-6-13)15(17)11(2)19/h3-4,9,11,13,15,19H,5-8,17H2,1-2H3/t11-,15?/m1/s1. The van der Waals surface area contributed by atoms with Crippen LogP contribution in [0.2, 0.25) is 5.02 Å². The molecule has 0 radical (unpaired) electrons. The largest absolute Gasteiger partial charge is 0.490 e. The molecule has 20 heavy (non-hydrogen) atoms. The number of piperidine rings is 1. The van der Waals surface area contributed by atoms with Gasteiger partial charge in [0.25, 0.3) is 0 Å². The fraction of sp³-hybridized carbons (Fsp3) is 0.600. The highest BCUT2D eigenvalue weighted by molar-refractivity contribution is 6.30. The number of halogens is 1. The van der Waals surface area contributed by atoms with E-state index in [1.807, 2.05) is 25.1 Å². The van der Waals surface area contributed by atoms with Gasteiger partial charge in [0.1, 0.15) is 11.9 Å². The van der Waals surface area contributed by atoms with Crippen molar-refractivity contribution >= 4 is 11.6 Å². The molecule has 1 aliphatic rings. The van der Waals surface area contributed by atoms with Crippen LogP contribution >= 0.6 is 11.6 Å². The van der Waals surface area contributed by atoms with Crippen molar-refractivity contribution in [3.05, 3.63) is 28.8 Å². The Hall–Kier alpha value is -0.810. The van der Waals surface area contributed by atoms with Crippen LogP contribution < -0.4 is 10.5 Å². The highest BCUT2D eigenvalue weighted by Crippen LogP contribution is 2.25. The smallest absolute Gasteiger partial charge is 0.122 e. The number of benzene rings is 1. The van der Waals surface area contributed by atoms with E-state index >= 15 is 0 Å². The van der Waals surface area contributed by atoms with Crippen molar-refractivity contribution in [1.29, 1.82) is 0 Å². The van der Waals surface area contributed by atoms with Gasteiger partial charge in [-0.05, 0) is 50.5 Å². The molecule has 2 rings (SSSR count). The maximum atomic E-state index is 9.53. The zero-order valence-electron chi connectivity index (χ0n) is 12.1. The third-order valence-corrected chi connectivity index (χ3v) is 4.06. The van der Waals surface area contributed by atoms with E-state index in [1.54, 1.807) is 6.92 Å². The first-order valence-corrected chi connectivity index (χ1v) is 7.45. The Labute approximate surface area is 125 Å². The van der Waals surface area contributed by atoms with Gasteiger partial charge in [-0.15, -0.1) is 0 Å². The van der Waals surface area contributed by atoms with Crippen LogP contribution in [0.3, 0.4) is 0 Å². The van der Waals surface area contributed by atoms with Crippen molar-refractivity contribution < 1.29 is 9.84 Å². The Balaban J connectivity index is 1.88. The van der Waals surface area contributed by atoms with Crippen LogP contribution in [-0.4, -0.2) is 41.5 Å². The third kappa shape index (κ3) is 3.85. The predicted molar refractivity (Wildman–Crippen MR) is 81.1 cm³/mol. The summed E-state index contributed by atoms with van der Waals surface area (Å²) in [5.74, 6) is 0.896. The van der Waals surface area contributed by atoms with E-state index in [0.717, 1.165) is 42.3 Å². The monoisotopic (exact) mass is 298 g/mol. The van der Waals surface area contributed by atoms with Crippen LogP contribution in [0.5, 0.6) is 5.75 Å². The fourth-order valence-corrected chi connectivity index (χ4v) is 2.75. The minimum atomic E-state index is -0.508. The van der Waals surface area contributed by atoms with Gasteiger partial charge in [0, 0.05) is 18.1 Å². The number of ether oxygens (including phenoxy) is 1.